The van der Waals surface area contributed by atoms with Crippen LogP contribution in [0.15, 0.2) is 46.7 Å². The Balaban J connectivity index is 1.73. The first-order chi connectivity index (χ1) is 17.7. The Morgan fingerprint density at radius 3 is 2.24 bits per heavy atom. The van der Waals surface area contributed by atoms with Gasteiger partial charge in [0.05, 0.1) is 0 Å². The molecule has 1 saturated heterocycles. The van der Waals surface area contributed by atoms with E-state index in [2.05, 4.69) is 10.6 Å². The number of sulfonamides is 1. The van der Waals surface area contributed by atoms with Crippen molar-refractivity contribution >= 4 is 45.4 Å². The lowest BCUT2D eigenvalue weighted by Crippen LogP contribution is -2.62. The Kier molecular flexibility index (Phi) is 8.84. The molecule has 1 fully saturated rings. The Bertz CT molecular complexity index is 1330. The van der Waals surface area contributed by atoms with Gasteiger partial charge in [-0.1, -0.05) is 6.07 Å². The first kappa shape index (κ1) is 29.5. The fourth-order valence-corrected chi connectivity index (χ4v) is 6.07. The molecule has 3 rings (SSSR count). The zero-order valence-electron chi connectivity index (χ0n) is 21.1. The molecular weight excluding hydrogens is 541 g/mol. The van der Waals surface area contributed by atoms with Gasteiger partial charge in [-0.3, -0.25) is 9.59 Å². The van der Waals surface area contributed by atoms with Crippen molar-refractivity contribution in [2.24, 2.45) is 5.73 Å². The van der Waals surface area contributed by atoms with E-state index in [1.165, 1.54) is 28.6 Å². The van der Waals surface area contributed by atoms with Crippen LogP contribution in [0, 0.1) is 13.8 Å². The van der Waals surface area contributed by atoms with Crippen LogP contribution in [0.2, 0.25) is 0 Å². The van der Waals surface area contributed by atoms with Gasteiger partial charge >= 0.3 is 5.51 Å². The summed E-state index contributed by atoms with van der Waals surface area (Å²) in [5.41, 5.74) is 2.92. The Hall–Kier alpha value is -3.03. The van der Waals surface area contributed by atoms with Gasteiger partial charge in [-0.15, -0.1) is 0 Å². The summed E-state index contributed by atoms with van der Waals surface area (Å²) in [6.07, 6.45) is 1.35. The van der Waals surface area contributed by atoms with Crippen LogP contribution in [0.4, 0.5) is 18.9 Å². The highest BCUT2D eigenvalue weighted by Gasteiger charge is 2.43. The third-order valence-electron chi connectivity index (χ3n) is 6.38. The molecule has 2 aromatic carbocycles. The number of amides is 2. The number of alkyl halides is 3. The van der Waals surface area contributed by atoms with Gasteiger partial charge in [0.25, 0.3) is 5.91 Å². The number of halogens is 3. The Morgan fingerprint density at radius 1 is 1.11 bits per heavy atom. The van der Waals surface area contributed by atoms with Crippen LogP contribution in [-0.4, -0.2) is 55.7 Å². The third kappa shape index (κ3) is 7.08. The van der Waals surface area contributed by atoms with E-state index in [1.807, 2.05) is 26.0 Å². The maximum Gasteiger partial charge on any atom is 0.446 e. The molecule has 1 aliphatic heterocycles. The summed E-state index contributed by atoms with van der Waals surface area (Å²) in [6, 6.07) is 8.72. The quantitative estimate of drug-likeness (QED) is 0.413. The molecule has 0 atom stereocenters. The molecular formula is C25H29F3N4O4S2. The molecule has 2 aromatic rings. The maximum absolute atomic E-state index is 13.0. The van der Waals surface area contributed by atoms with Crippen molar-refractivity contribution in [2.75, 3.05) is 25.5 Å². The van der Waals surface area contributed by atoms with E-state index in [9.17, 15) is 31.2 Å². The van der Waals surface area contributed by atoms with Crippen LogP contribution >= 0.6 is 11.8 Å². The first-order valence-electron chi connectivity index (χ1n) is 11.6. The zero-order chi connectivity index (χ0) is 28.3. The molecule has 0 aliphatic carbocycles. The van der Waals surface area contributed by atoms with Crippen molar-refractivity contribution in [1.82, 2.24) is 9.62 Å². The van der Waals surface area contributed by atoms with Crippen molar-refractivity contribution in [3.05, 3.63) is 64.1 Å². The fraction of sp³-hybridized carbons (Fsp3) is 0.360. The number of rotatable bonds is 8. The number of nitrogens with two attached hydrogens (primary N) is 1. The number of anilines is 1. The minimum absolute atomic E-state index is 0.0760. The average molecular weight is 571 g/mol. The van der Waals surface area contributed by atoms with Gasteiger partial charge in [-0.2, -0.15) is 17.5 Å². The maximum atomic E-state index is 13.0. The molecule has 13 heteroatoms. The molecule has 0 aromatic heterocycles. The van der Waals surface area contributed by atoms with Gasteiger partial charge < -0.3 is 16.4 Å². The number of nitrogens with zero attached hydrogens (tertiary/aromatic N) is 1. The Morgan fingerprint density at radius 2 is 1.71 bits per heavy atom. The molecule has 0 radical (unpaired) electrons. The zero-order valence-corrected chi connectivity index (χ0v) is 22.7. The predicted octanol–water partition coefficient (Wildman–Crippen LogP) is 4.01. The third-order valence-corrected chi connectivity index (χ3v) is 8.67. The molecule has 8 nitrogen and oxygen atoms in total. The molecule has 1 aliphatic rings. The second-order valence-corrected chi connectivity index (χ2v) is 12.0. The summed E-state index contributed by atoms with van der Waals surface area (Å²) in [5.74, 6) is -1.63. The molecule has 2 amide bonds. The van der Waals surface area contributed by atoms with Gasteiger partial charge in [0.1, 0.15) is 5.54 Å². The summed E-state index contributed by atoms with van der Waals surface area (Å²) in [7, 11) is -2.05. The number of hydrogen-bond donors (Lipinski definition) is 3. The van der Waals surface area contributed by atoms with Crippen LogP contribution < -0.4 is 16.4 Å². The van der Waals surface area contributed by atoms with E-state index < -0.39 is 32.9 Å². The topological polar surface area (TPSA) is 122 Å². The van der Waals surface area contributed by atoms with Crippen LogP contribution in [0.3, 0.4) is 0 Å². The lowest BCUT2D eigenvalue weighted by atomic mass is 9.87. The van der Waals surface area contributed by atoms with E-state index in [-0.39, 0.29) is 48.2 Å². The molecule has 1 heterocycles. The highest BCUT2D eigenvalue weighted by molar-refractivity contribution is 8.00. The summed E-state index contributed by atoms with van der Waals surface area (Å²) in [5, 5.41) is 6.70. The van der Waals surface area contributed by atoms with Crippen molar-refractivity contribution in [3.63, 3.8) is 0 Å². The Labute approximate surface area is 223 Å². The summed E-state index contributed by atoms with van der Waals surface area (Å²) in [4.78, 5) is 25.0. The predicted molar refractivity (Wildman–Crippen MR) is 142 cm³/mol. The van der Waals surface area contributed by atoms with E-state index >= 15 is 0 Å². The standard InChI is InChI=1S/C25H29F3N4O4S2/c1-16-13-19(30-3)14-17(2)21(16)7-12-38(35,36)32-10-8-24(9-11-32,23(29)34)31-22(33)18-5-4-6-20(15-18)37-25(26,27)28/h4-7,12-15,30H,8-11H2,1-3H3,(H2,29,34)(H,31,33)/b12-7+. The van der Waals surface area contributed by atoms with Crippen molar-refractivity contribution in [3.8, 4) is 0 Å². The van der Waals surface area contributed by atoms with E-state index in [4.69, 9.17) is 5.73 Å². The van der Waals surface area contributed by atoms with Gasteiger partial charge in [0, 0.05) is 41.7 Å². The molecule has 4 N–H and O–H groups in total. The lowest BCUT2D eigenvalue weighted by Gasteiger charge is -2.39. The number of piperidine rings is 1. The molecule has 0 bridgehead atoms. The molecule has 0 saturated carbocycles. The number of nitrogens with one attached hydrogen (secondary N) is 2. The lowest BCUT2D eigenvalue weighted by molar-refractivity contribution is -0.125. The molecule has 38 heavy (non-hydrogen) atoms. The first-order valence-corrected chi connectivity index (χ1v) is 13.9. The molecule has 0 unspecified atom stereocenters. The number of carbonyl (C=O) groups is 2. The van der Waals surface area contributed by atoms with Crippen molar-refractivity contribution in [1.29, 1.82) is 0 Å². The van der Waals surface area contributed by atoms with E-state index in [1.54, 1.807) is 7.05 Å². The van der Waals surface area contributed by atoms with Crippen LogP contribution in [0.5, 0.6) is 0 Å². The van der Waals surface area contributed by atoms with E-state index in [0.29, 0.717) is 0 Å². The van der Waals surface area contributed by atoms with Crippen LogP contribution in [-0.2, 0) is 14.8 Å². The summed E-state index contributed by atoms with van der Waals surface area (Å²) >= 11 is -0.361. The van der Waals surface area contributed by atoms with Crippen molar-refractivity contribution < 1.29 is 31.2 Å². The minimum atomic E-state index is -4.52. The van der Waals surface area contributed by atoms with Crippen LogP contribution in [0.1, 0.15) is 39.9 Å². The molecule has 0 spiro atoms. The number of benzene rings is 2. The SMILES string of the molecule is CNc1cc(C)c(/C=C/S(=O)(=O)N2CCC(NC(=O)c3cccc(SC(F)(F)F)c3)(C(N)=O)CC2)c(C)c1. The number of primary amides is 1. The van der Waals surface area contributed by atoms with Gasteiger partial charge in [-0.25, -0.2) is 8.42 Å². The number of hydrogen-bond acceptors (Lipinski definition) is 6. The number of carbonyl (C=O) groups excluding carboxylic acids is 2. The minimum Gasteiger partial charge on any atom is -0.388 e. The van der Waals surface area contributed by atoms with Gasteiger partial charge in [0.2, 0.25) is 15.9 Å². The van der Waals surface area contributed by atoms with Gasteiger partial charge in [0.15, 0.2) is 0 Å². The highest BCUT2D eigenvalue weighted by Crippen LogP contribution is 2.37. The highest BCUT2D eigenvalue weighted by atomic mass is 32.2. The number of aryl methyl sites for hydroxylation is 2. The normalized spacial score (nSPS) is 16.4. The van der Waals surface area contributed by atoms with Crippen molar-refractivity contribution in [2.45, 2.75) is 42.6 Å². The second-order valence-electron chi connectivity index (χ2n) is 9.00. The van der Waals surface area contributed by atoms with E-state index in [0.717, 1.165) is 33.9 Å². The summed E-state index contributed by atoms with van der Waals surface area (Å²) < 4.78 is 65.3. The fourth-order valence-electron chi connectivity index (χ4n) is 4.30. The largest absolute Gasteiger partial charge is 0.446 e. The summed E-state index contributed by atoms with van der Waals surface area (Å²) in [6.45, 7) is 3.58. The van der Waals surface area contributed by atoms with Crippen LogP contribution in [0.25, 0.3) is 6.08 Å². The second kappa shape index (κ2) is 11.4. The smallest absolute Gasteiger partial charge is 0.388 e. The molecule has 206 valence electrons. The monoisotopic (exact) mass is 570 g/mol. The van der Waals surface area contributed by atoms with Gasteiger partial charge in [-0.05, 0) is 91.5 Å². The number of thioether (sulfide) groups is 1. The average Bonchev–Trinajstić information content (AvgIpc) is 2.82.